The molecule has 0 amide bonds. The van der Waals surface area contributed by atoms with Gasteiger partial charge in [0.05, 0.1) is 29.1 Å². The Labute approximate surface area is 140 Å². The third-order valence-electron chi connectivity index (χ3n) is 4.72. The Morgan fingerprint density at radius 2 is 1.96 bits per heavy atom. The normalized spacial score (nSPS) is 15.3. The first-order chi connectivity index (χ1) is 11.4. The summed E-state index contributed by atoms with van der Waals surface area (Å²) in [6.45, 7) is 4.23. The van der Waals surface area contributed by atoms with Crippen LogP contribution in [0.2, 0.25) is 0 Å². The molecule has 3 aromatic rings. The molecule has 0 atom stereocenters. The standard InChI is InChI=1S/C20H20N2O2/c1-20(2)10-9-12-14(21-20)11-16(24-4)17-18(12)22(3)15-8-6-5-7-13(15)19(17)23/h5-11,21H,1-4H3. The van der Waals surface area contributed by atoms with E-state index in [1.54, 1.807) is 7.11 Å². The molecular weight excluding hydrogens is 300 g/mol. The number of para-hydroxylation sites is 1. The first kappa shape index (κ1) is 14.8. The molecule has 0 saturated heterocycles. The van der Waals surface area contributed by atoms with Crippen molar-refractivity contribution in [3.63, 3.8) is 0 Å². The molecule has 2 aromatic carbocycles. The fourth-order valence-corrected chi connectivity index (χ4v) is 3.55. The van der Waals surface area contributed by atoms with Gasteiger partial charge >= 0.3 is 0 Å². The maximum Gasteiger partial charge on any atom is 0.200 e. The first-order valence-corrected chi connectivity index (χ1v) is 8.03. The number of pyridine rings is 1. The van der Waals surface area contributed by atoms with Crippen molar-refractivity contribution in [3.05, 3.63) is 52.2 Å². The van der Waals surface area contributed by atoms with Crippen molar-refractivity contribution in [1.29, 1.82) is 0 Å². The molecule has 0 aliphatic carbocycles. The molecule has 1 aliphatic rings. The zero-order valence-electron chi connectivity index (χ0n) is 14.3. The molecule has 1 aliphatic heterocycles. The highest BCUT2D eigenvalue weighted by atomic mass is 16.5. The third kappa shape index (κ3) is 1.96. The lowest BCUT2D eigenvalue weighted by atomic mass is 9.94. The largest absolute Gasteiger partial charge is 0.496 e. The Bertz CT molecular complexity index is 1070. The van der Waals surface area contributed by atoms with Gasteiger partial charge < -0.3 is 14.6 Å². The van der Waals surface area contributed by atoms with E-state index in [0.29, 0.717) is 16.5 Å². The number of hydrogen-bond donors (Lipinski definition) is 1. The summed E-state index contributed by atoms with van der Waals surface area (Å²) in [6, 6.07) is 9.63. The average Bonchev–Trinajstić information content (AvgIpc) is 2.57. The summed E-state index contributed by atoms with van der Waals surface area (Å²) in [4.78, 5) is 13.1. The molecule has 0 spiro atoms. The highest BCUT2D eigenvalue weighted by Crippen LogP contribution is 2.38. The molecule has 0 saturated carbocycles. The smallest absolute Gasteiger partial charge is 0.200 e. The van der Waals surface area contributed by atoms with Crippen LogP contribution in [0.3, 0.4) is 0 Å². The van der Waals surface area contributed by atoms with Crippen LogP contribution in [0.25, 0.3) is 27.9 Å². The van der Waals surface area contributed by atoms with Gasteiger partial charge in [-0.15, -0.1) is 0 Å². The highest BCUT2D eigenvalue weighted by molar-refractivity contribution is 6.04. The molecule has 24 heavy (non-hydrogen) atoms. The van der Waals surface area contributed by atoms with Gasteiger partial charge in [-0.25, -0.2) is 0 Å². The summed E-state index contributed by atoms with van der Waals surface area (Å²) in [7, 11) is 3.61. The number of fused-ring (bicyclic) bond motifs is 4. The van der Waals surface area contributed by atoms with Gasteiger partial charge in [0.1, 0.15) is 5.75 Å². The lowest BCUT2D eigenvalue weighted by Crippen LogP contribution is -2.30. The van der Waals surface area contributed by atoms with Crippen molar-refractivity contribution < 1.29 is 4.74 Å². The van der Waals surface area contributed by atoms with Crippen LogP contribution < -0.4 is 15.5 Å². The van der Waals surface area contributed by atoms with Gasteiger partial charge in [0.15, 0.2) is 0 Å². The number of nitrogens with zero attached hydrogens (tertiary/aromatic N) is 1. The molecule has 1 aromatic heterocycles. The number of hydrogen-bond acceptors (Lipinski definition) is 3. The summed E-state index contributed by atoms with van der Waals surface area (Å²) >= 11 is 0. The Balaban J connectivity index is 2.26. The maximum absolute atomic E-state index is 13.1. The first-order valence-electron chi connectivity index (χ1n) is 8.03. The number of anilines is 1. The predicted molar refractivity (Wildman–Crippen MR) is 100.0 cm³/mol. The molecule has 0 radical (unpaired) electrons. The zero-order chi connectivity index (χ0) is 17.1. The number of ether oxygens (including phenoxy) is 1. The van der Waals surface area contributed by atoms with Gasteiger partial charge in [0.25, 0.3) is 0 Å². The van der Waals surface area contributed by atoms with E-state index in [1.807, 2.05) is 37.4 Å². The van der Waals surface area contributed by atoms with Gasteiger partial charge in [0.2, 0.25) is 5.43 Å². The number of methoxy groups -OCH3 is 1. The number of rotatable bonds is 1. The van der Waals surface area contributed by atoms with Gasteiger partial charge in [-0.3, -0.25) is 4.79 Å². The van der Waals surface area contributed by atoms with Gasteiger partial charge in [-0.1, -0.05) is 24.3 Å². The van der Waals surface area contributed by atoms with Crippen LogP contribution in [0, 0.1) is 0 Å². The lowest BCUT2D eigenvalue weighted by molar-refractivity contribution is 0.419. The van der Waals surface area contributed by atoms with Crippen LogP contribution in [0.15, 0.2) is 41.2 Å². The van der Waals surface area contributed by atoms with E-state index in [-0.39, 0.29) is 11.0 Å². The summed E-state index contributed by atoms with van der Waals surface area (Å²) in [5.41, 5.74) is 3.70. The minimum Gasteiger partial charge on any atom is -0.496 e. The van der Waals surface area contributed by atoms with Crippen molar-refractivity contribution in [2.45, 2.75) is 19.4 Å². The van der Waals surface area contributed by atoms with Crippen LogP contribution in [0.1, 0.15) is 19.4 Å². The second kappa shape index (κ2) is 4.87. The number of benzene rings is 2. The van der Waals surface area contributed by atoms with Crippen molar-refractivity contribution in [2.75, 3.05) is 12.4 Å². The van der Waals surface area contributed by atoms with Crippen molar-refractivity contribution in [3.8, 4) is 5.75 Å². The van der Waals surface area contributed by atoms with Crippen LogP contribution in [-0.2, 0) is 7.05 Å². The monoisotopic (exact) mass is 320 g/mol. The maximum atomic E-state index is 13.1. The highest BCUT2D eigenvalue weighted by Gasteiger charge is 2.24. The Morgan fingerprint density at radius 3 is 2.71 bits per heavy atom. The Morgan fingerprint density at radius 1 is 1.21 bits per heavy atom. The van der Waals surface area contributed by atoms with Gasteiger partial charge in [-0.05, 0) is 26.0 Å². The van der Waals surface area contributed by atoms with E-state index in [0.717, 1.165) is 22.3 Å². The second-order valence-electron chi connectivity index (χ2n) is 6.85. The third-order valence-corrected chi connectivity index (χ3v) is 4.72. The molecule has 2 heterocycles. The summed E-state index contributed by atoms with van der Waals surface area (Å²) < 4.78 is 7.65. The molecule has 0 unspecified atom stereocenters. The van der Waals surface area contributed by atoms with E-state index in [9.17, 15) is 4.79 Å². The minimum atomic E-state index is -0.137. The Kier molecular flexibility index (Phi) is 3.01. The molecule has 4 heteroatoms. The van der Waals surface area contributed by atoms with Crippen molar-refractivity contribution in [1.82, 2.24) is 4.57 Å². The molecule has 4 nitrogen and oxygen atoms in total. The van der Waals surface area contributed by atoms with E-state index >= 15 is 0 Å². The van der Waals surface area contributed by atoms with Gasteiger partial charge in [-0.2, -0.15) is 0 Å². The zero-order valence-corrected chi connectivity index (χ0v) is 14.3. The predicted octanol–water partition coefficient (Wildman–Crippen LogP) is 3.92. The second-order valence-corrected chi connectivity index (χ2v) is 6.85. The van der Waals surface area contributed by atoms with Crippen LogP contribution >= 0.6 is 0 Å². The molecule has 4 rings (SSSR count). The molecule has 0 fully saturated rings. The van der Waals surface area contributed by atoms with E-state index in [4.69, 9.17) is 4.74 Å². The average molecular weight is 320 g/mol. The molecular formula is C20H20N2O2. The SMILES string of the molecule is COc1cc2c(c3c1c(=O)c1ccccc1n3C)C=CC(C)(C)N2. The lowest BCUT2D eigenvalue weighted by Gasteiger charge is -2.30. The van der Waals surface area contributed by atoms with Crippen molar-refractivity contribution in [2.24, 2.45) is 7.05 Å². The number of aryl methyl sites for hydroxylation is 1. The molecule has 1 N–H and O–H groups in total. The molecule has 0 bridgehead atoms. The van der Waals surface area contributed by atoms with E-state index in [2.05, 4.69) is 35.9 Å². The topological polar surface area (TPSA) is 43.3 Å². The van der Waals surface area contributed by atoms with Crippen molar-refractivity contribution >= 4 is 33.6 Å². The number of aromatic nitrogens is 1. The van der Waals surface area contributed by atoms with Gasteiger partial charge in [0, 0.05) is 29.8 Å². The number of nitrogens with one attached hydrogen (secondary N) is 1. The van der Waals surface area contributed by atoms with E-state index < -0.39 is 0 Å². The molecule has 122 valence electrons. The fourth-order valence-electron chi connectivity index (χ4n) is 3.55. The minimum absolute atomic E-state index is 0.0107. The Hall–Kier alpha value is -2.75. The van der Waals surface area contributed by atoms with E-state index in [1.165, 1.54) is 0 Å². The fraction of sp³-hybridized carbons (Fsp3) is 0.250. The van der Waals surface area contributed by atoms with Crippen LogP contribution in [0.4, 0.5) is 5.69 Å². The summed E-state index contributed by atoms with van der Waals surface area (Å²) in [6.07, 6.45) is 4.22. The van der Waals surface area contributed by atoms with Crippen LogP contribution in [-0.4, -0.2) is 17.2 Å². The summed E-state index contributed by atoms with van der Waals surface area (Å²) in [5, 5.41) is 4.85. The quantitative estimate of drug-likeness (QED) is 0.691. The summed E-state index contributed by atoms with van der Waals surface area (Å²) in [5.74, 6) is 0.605. The van der Waals surface area contributed by atoms with Crippen LogP contribution in [0.5, 0.6) is 5.75 Å².